The van der Waals surface area contributed by atoms with Crippen LogP contribution < -0.4 is 10.1 Å². The molecule has 1 saturated carbocycles. The van der Waals surface area contributed by atoms with Crippen molar-refractivity contribution in [1.29, 1.82) is 0 Å². The summed E-state index contributed by atoms with van der Waals surface area (Å²) in [5.74, 6) is 1.52. The monoisotopic (exact) mass is 464 g/mol. The Morgan fingerprint density at radius 2 is 1.88 bits per heavy atom. The Morgan fingerprint density at radius 3 is 2.59 bits per heavy atom. The summed E-state index contributed by atoms with van der Waals surface area (Å²) in [7, 11) is 3.71. The van der Waals surface area contributed by atoms with E-state index in [0.29, 0.717) is 12.0 Å². The fraction of sp³-hybridized carbons (Fsp3) is 0.571. The maximum absolute atomic E-state index is 13.2. The number of ether oxygens (including phenoxy) is 1. The first-order valence-corrected chi connectivity index (χ1v) is 12.9. The topological polar surface area (TPSA) is 57.7 Å². The van der Waals surface area contributed by atoms with Crippen LogP contribution in [0, 0.1) is 0 Å². The molecule has 1 unspecified atom stereocenters. The zero-order valence-electron chi connectivity index (χ0n) is 20.8. The standard InChI is InChI=1S/C28H40N4O2/c1-31(28(33)30-24-10-4-3-5-11-24)25(19-22-9-8-16-29-20-22)21-32-17-14-23(15-18-32)26-12-6-7-13-27(26)34-2/h6-9,12-13,16,20,23-25H,3-5,10-11,14-15,17-19,21H2,1-2H3,(H,30,33). The number of carbonyl (C=O) groups is 1. The maximum atomic E-state index is 13.2. The third-order valence-electron chi connectivity index (χ3n) is 7.63. The van der Waals surface area contributed by atoms with Crippen LogP contribution in [0.3, 0.4) is 0 Å². The molecule has 6 heteroatoms. The van der Waals surface area contributed by atoms with Crippen molar-refractivity contribution in [3.63, 3.8) is 0 Å². The predicted molar refractivity (Wildman–Crippen MR) is 136 cm³/mol. The van der Waals surface area contributed by atoms with Gasteiger partial charge >= 0.3 is 6.03 Å². The normalized spacial score (nSPS) is 18.9. The third-order valence-corrected chi connectivity index (χ3v) is 7.63. The van der Waals surface area contributed by atoms with E-state index in [9.17, 15) is 4.79 Å². The van der Waals surface area contributed by atoms with Crippen LogP contribution >= 0.6 is 0 Å². The summed E-state index contributed by atoms with van der Waals surface area (Å²) in [6.45, 7) is 2.94. The number of piperidine rings is 1. The molecular formula is C28H40N4O2. The summed E-state index contributed by atoms with van der Waals surface area (Å²) >= 11 is 0. The molecule has 2 heterocycles. The lowest BCUT2D eigenvalue weighted by Gasteiger charge is -2.38. The van der Waals surface area contributed by atoms with E-state index >= 15 is 0 Å². The first-order chi connectivity index (χ1) is 16.6. The van der Waals surface area contributed by atoms with Crippen molar-refractivity contribution in [3.8, 4) is 5.75 Å². The Morgan fingerprint density at radius 1 is 1.12 bits per heavy atom. The Hall–Kier alpha value is -2.60. The smallest absolute Gasteiger partial charge is 0.317 e. The molecule has 2 aromatic rings. The van der Waals surface area contributed by atoms with E-state index < -0.39 is 0 Å². The van der Waals surface area contributed by atoms with Crippen molar-refractivity contribution in [3.05, 3.63) is 59.9 Å². The molecule has 1 saturated heterocycles. The lowest BCUT2D eigenvalue weighted by molar-refractivity contribution is 0.138. The van der Waals surface area contributed by atoms with E-state index in [1.165, 1.54) is 30.4 Å². The summed E-state index contributed by atoms with van der Waals surface area (Å²) in [4.78, 5) is 21.9. The number of para-hydroxylation sites is 1. The minimum absolute atomic E-state index is 0.0599. The molecule has 1 aliphatic heterocycles. The second-order valence-electron chi connectivity index (χ2n) is 9.93. The Balaban J connectivity index is 1.38. The first-order valence-electron chi connectivity index (χ1n) is 12.9. The predicted octanol–water partition coefficient (Wildman–Crippen LogP) is 4.86. The van der Waals surface area contributed by atoms with Gasteiger partial charge in [-0.05, 0) is 74.4 Å². The number of likely N-dealkylation sites (tertiary alicyclic amines) is 1. The number of rotatable bonds is 8. The lowest BCUT2D eigenvalue weighted by Crippen LogP contribution is -2.52. The Kier molecular flexibility index (Phi) is 8.80. The molecule has 2 amide bonds. The zero-order chi connectivity index (χ0) is 23.8. The van der Waals surface area contributed by atoms with E-state index in [1.54, 1.807) is 13.3 Å². The number of pyridine rings is 1. The highest BCUT2D eigenvalue weighted by Gasteiger charge is 2.28. The van der Waals surface area contributed by atoms with Crippen molar-refractivity contribution >= 4 is 6.03 Å². The summed E-state index contributed by atoms with van der Waals surface area (Å²) in [6, 6.07) is 13.0. The van der Waals surface area contributed by atoms with Crippen LogP contribution in [0.25, 0.3) is 0 Å². The van der Waals surface area contributed by atoms with Crippen LogP contribution in [0.2, 0.25) is 0 Å². The molecule has 184 valence electrons. The van der Waals surface area contributed by atoms with Gasteiger partial charge < -0.3 is 19.9 Å². The molecule has 0 radical (unpaired) electrons. The second-order valence-corrected chi connectivity index (χ2v) is 9.93. The average molecular weight is 465 g/mol. The maximum Gasteiger partial charge on any atom is 0.317 e. The first kappa shape index (κ1) is 24.5. The molecule has 2 fully saturated rings. The molecule has 1 atom stereocenters. The number of hydrogen-bond acceptors (Lipinski definition) is 4. The molecule has 1 N–H and O–H groups in total. The Bertz CT molecular complexity index is 892. The summed E-state index contributed by atoms with van der Waals surface area (Å²) in [5.41, 5.74) is 2.49. The van der Waals surface area contributed by atoms with Crippen LogP contribution in [0.5, 0.6) is 5.75 Å². The van der Waals surface area contributed by atoms with Gasteiger partial charge in [0.25, 0.3) is 0 Å². The van der Waals surface area contributed by atoms with Crippen molar-refractivity contribution in [2.24, 2.45) is 0 Å². The van der Waals surface area contributed by atoms with Crippen LogP contribution in [-0.4, -0.2) is 66.7 Å². The number of carbonyl (C=O) groups excluding carboxylic acids is 1. The Labute approximate surface area is 204 Å². The summed E-state index contributed by atoms with van der Waals surface area (Å²) in [5, 5.41) is 3.30. The van der Waals surface area contributed by atoms with Crippen molar-refractivity contribution < 1.29 is 9.53 Å². The van der Waals surface area contributed by atoms with E-state index in [4.69, 9.17) is 4.74 Å². The second kappa shape index (κ2) is 12.2. The van der Waals surface area contributed by atoms with Gasteiger partial charge in [-0.25, -0.2) is 4.79 Å². The number of hydrogen-bond donors (Lipinski definition) is 1. The van der Waals surface area contributed by atoms with Gasteiger partial charge in [0.1, 0.15) is 5.75 Å². The highest BCUT2D eigenvalue weighted by Crippen LogP contribution is 2.34. The number of amides is 2. The minimum Gasteiger partial charge on any atom is -0.496 e. The fourth-order valence-electron chi connectivity index (χ4n) is 5.53. The third kappa shape index (κ3) is 6.50. The molecular weight excluding hydrogens is 424 g/mol. The van der Waals surface area contributed by atoms with E-state index in [-0.39, 0.29) is 12.1 Å². The van der Waals surface area contributed by atoms with Crippen LogP contribution in [-0.2, 0) is 6.42 Å². The molecule has 2 aliphatic rings. The van der Waals surface area contributed by atoms with Gasteiger partial charge in [-0.3, -0.25) is 4.98 Å². The van der Waals surface area contributed by atoms with Gasteiger partial charge in [0.2, 0.25) is 0 Å². The minimum atomic E-state index is 0.0599. The van der Waals surface area contributed by atoms with E-state index in [1.807, 2.05) is 30.3 Å². The lowest BCUT2D eigenvalue weighted by atomic mass is 9.88. The molecule has 0 bridgehead atoms. The number of methoxy groups -OCH3 is 1. The average Bonchev–Trinajstić information content (AvgIpc) is 2.89. The molecule has 1 aromatic carbocycles. The van der Waals surface area contributed by atoms with Crippen LogP contribution in [0.4, 0.5) is 4.79 Å². The molecule has 1 aliphatic carbocycles. The van der Waals surface area contributed by atoms with Gasteiger partial charge in [-0.1, -0.05) is 43.5 Å². The SMILES string of the molecule is COc1ccccc1C1CCN(CC(Cc2cccnc2)N(C)C(=O)NC2CCCCC2)CC1. The highest BCUT2D eigenvalue weighted by molar-refractivity contribution is 5.74. The zero-order valence-corrected chi connectivity index (χ0v) is 20.8. The number of benzene rings is 1. The van der Waals surface area contributed by atoms with Crippen LogP contribution in [0.15, 0.2) is 48.8 Å². The highest BCUT2D eigenvalue weighted by atomic mass is 16.5. The van der Waals surface area contributed by atoms with Crippen molar-refractivity contribution in [2.45, 2.75) is 69.4 Å². The van der Waals surface area contributed by atoms with Crippen LogP contribution in [0.1, 0.15) is 62.0 Å². The molecule has 0 spiro atoms. The van der Waals surface area contributed by atoms with Gasteiger partial charge in [-0.2, -0.15) is 0 Å². The summed E-state index contributed by atoms with van der Waals surface area (Å²) in [6.07, 6.45) is 12.7. The van der Waals surface area contributed by atoms with Crippen molar-refractivity contribution in [2.75, 3.05) is 33.8 Å². The van der Waals surface area contributed by atoms with E-state index in [0.717, 1.165) is 57.5 Å². The number of urea groups is 1. The molecule has 6 nitrogen and oxygen atoms in total. The number of likely N-dealkylation sites (N-methyl/N-ethyl adjacent to an activating group) is 1. The van der Waals surface area contributed by atoms with Gasteiger partial charge in [0.15, 0.2) is 0 Å². The van der Waals surface area contributed by atoms with Gasteiger partial charge in [0, 0.05) is 38.1 Å². The fourth-order valence-corrected chi connectivity index (χ4v) is 5.53. The summed E-state index contributed by atoms with van der Waals surface area (Å²) < 4.78 is 5.61. The molecule has 4 rings (SSSR count). The van der Waals surface area contributed by atoms with Crippen molar-refractivity contribution in [1.82, 2.24) is 20.1 Å². The molecule has 34 heavy (non-hydrogen) atoms. The number of nitrogens with zero attached hydrogens (tertiary/aromatic N) is 3. The molecule has 1 aromatic heterocycles. The largest absolute Gasteiger partial charge is 0.496 e. The number of aromatic nitrogens is 1. The number of nitrogens with one attached hydrogen (secondary N) is 1. The van der Waals surface area contributed by atoms with Gasteiger partial charge in [0.05, 0.1) is 7.11 Å². The van der Waals surface area contributed by atoms with E-state index in [2.05, 4.69) is 39.5 Å². The van der Waals surface area contributed by atoms with Gasteiger partial charge in [-0.15, -0.1) is 0 Å². The quantitative estimate of drug-likeness (QED) is 0.606.